The SMILES string of the molecule is CCOc1cccc(OCCc2cccc(OS(C)(=O)=O)c2)c1OC(=O)CC. The van der Waals surface area contributed by atoms with Gasteiger partial charge in [-0.3, -0.25) is 4.79 Å². The van der Waals surface area contributed by atoms with E-state index in [-0.39, 0.29) is 30.5 Å². The van der Waals surface area contributed by atoms with Gasteiger partial charge in [-0.05, 0) is 36.8 Å². The first kappa shape index (κ1) is 21.6. The molecular weight excluding hydrogens is 384 g/mol. The van der Waals surface area contributed by atoms with E-state index in [2.05, 4.69) is 0 Å². The Morgan fingerprint density at radius 3 is 2.32 bits per heavy atom. The molecule has 2 aromatic carbocycles. The van der Waals surface area contributed by atoms with Crippen LogP contribution in [0.25, 0.3) is 0 Å². The largest absolute Gasteiger partial charge is 0.490 e. The Morgan fingerprint density at radius 1 is 1.00 bits per heavy atom. The zero-order chi connectivity index (χ0) is 20.6. The molecule has 28 heavy (non-hydrogen) atoms. The Hall–Kier alpha value is -2.74. The fraction of sp³-hybridized carbons (Fsp3) is 0.350. The molecule has 7 nitrogen and oxygen atoms in total. The smallest absolute Gasteiger partial charge is 0.311 e. The number of carbonyl (C=O) groups is 1. The lowest BCUT2D eigenvalue weighted by Crippen LogP contribution is -2.10. The number of esters is 1. The van der Waals surface area contributed by atoms with Gasteiger partial charge in [-0.1, -0.05) is 25.1 Å². The molecule has 0 aliphatic carbocycles. The highest BCUT2D eigenvalue weighted by molar-refractivity contribution is 7.86. The third kappa shape index (κ3) is 6.77. The van der Waals surface area contributed by atoms with Crippen molar-refractivity contribution < 1.29 is 31.6 Å². The van der Waals surface area contributed by atoms with Gasteiger partial charge in [0.25, 0.3) is 0 Å². The van der Waals surface area contributed by atoms with Crippen molar-refractivity contribution in [3.63, 3.8) is 0 Å². The maximum absolute atomic E-state index is 11.7. The summed E-state index contributed by atoms with van der Waals surface area (Å²) in [6.45, 7) is 4.25. The van der Waals surface area contributed by atoms with Crippen LogP contribution in [0.3, 0.4) is 0 Å². The zero-order valence-electron chi connectivity index (χ0n) is 16.1. The molecule has 0 aromatic heterocycles. The number of carbonyl (C=O) groups excluding carboxylic acids is 1. The Balaban J connectivity index is 2.09. The minimum absolute atomic E-state index is 0.229. The Bertz CT molecular complexity index is 907. The van der Waals surface area contributed by atoms with E-state index in [1.165, 1.54) is 0 Å². The summed E-state index contributed by atoms with van der Waals surface area (Å²) in [5, 5.41) is 0. The standard InChI is InChI=1S/C20H24O7S/c1-4-19(21)26-20-17(24-5-2)10-7-11-18(20)25-13-12-15-8-6-9-16(14-15)27-28(3,22)23/h6-11,14H,4-5,12-13H2,1-3H3. The molecule has 0 unspecified atom stereocenters. The summed E-state index contributed by atoms with van der Waals surface area (Å²) in [5.74, 6) is 0.950. The molecule has 0 aliphatic rings. The van der Waals surface area contributed by atoms with Gasteiger partial charge >= 0.3 is 16.1 Å². The van der Waals surface area contributed by atoms with Gasteiger partial charge in [0.05, 0.1) is 19.5 Å². The molecule has 0 spiro atoms. The first-order chi connectivity index (χ1) is 13.3. The molecule has 0 saturated carbocycles. The average molecular weight is 408 g/mol. The maximum Gasteiger partial charge on any atom is 0.311 e. The van der Waals surface area contributed by atoms with Crippen LogP contribution in [0, 0.1) is 0 Å². The van der Waals surface area contributed by atoms with Gasteiger partial charge in [-0.2, -0.15) is 8.42 Å². The number of ether oxygens (including phenoxy) is 3. The molecule has 0 heterocycles. The predicted molar refractivity (Wildman–Crippen MR) is 105 cm³/mol. The van der Waals surface area contributed by atoms with Gasteiger partial charge in [0, 0.05) is 12.8 Å². The first-order valence-electron chi connectivity index (χ1n) is 8.90. The molecule has 0 amide bonds. The highest BCUT2D eigenvalue weighted by Gasteiger charge is 2.16. The van der Waals surface area contributed by atoms with Crippen molar-refractivity contribution in [3.8, 4) is 23.0 Å². The summed E-state index contributed by atoms with van der Waals surface area (Å²) in [6, 6.07) is 11.9. The number of hydrogen-bond acceptors (Lipinski definition) is 7. The third-order valence-corrected chi connectivity index (χ3v) is 4.04. The molecule has 2 aromatic rings. The average Bonchev–Trinajstić information content (AvgIpc) is 2.63. The molecule has 0 atom stereocenters. The summed E-state index contributed by atoms with van der Waals surface area (Å²) in [7, 11) is -3.58. The van der Waals surface area contributed by atoms with Crippen LogP contribution in [0.5, 0.6) is 23.0 Å². The van der Waals surface area contributed by atoms with Gasteiger partial charge in [-0.25, -0.2) is 0 Å². The summed E-state index contributed by atoms with van der Waals surface area (Å²) in [5.41, 5.74) is 0.842. The van der Waals surface area contributed by atoms with Crippen LogP contribution in [0.4, 0.5) is 0 Å². The van der Waals surface area contributed by atoms with Crippen molar-refractivity contribution in [1.82, 2.24) is 0 Å². The first-order valence-corrected chi connectivity index (χ1v) is 10.7. The molecule has 0 aliphatic heterocycles. The molecule has 0 fully saturated rings. The highest BCUT2D eigenvalue weighted by atomic mass is 32.2. The lowest BCUT2D eigenvalue weighted by molar-refractivity contribution is -0.134. The third-order valence-electron chi connectivity index (χ3n) is 3.54. The van der Waals surface area contributed by atoms with Crippen LogP contribution in [-0.4, -0.2) is 33.9 Å². The second-order valence-corrected chi connectivity index (χ2v) is 7.45. The van der Waals surface area contributed by atoms with Crippen LogP contribution in [0.1, 0.15) is 25.8 Å². The molecular formula is C20H24O7S. The van der Waals surface area contributed by atoms with E-state index in [9.17, 15) is 13.2 Å². The Labute approximate surface area is 165 Å². The highest BCUT2D eigenvalue weighted by Crippen LogP contribution is 2.37. The van der Waals surface area contributed by atoms with Crippen LogP contribution in [0.2, 0.25) is 0 Å². The maximum atomic E-state index is 11.7. The molecule has 0 N–H and O–H groups in total. The fourth-order valence-electron chi connectivity index (χ4n) is 2.37. The van der Waals surface area contributed by atoms with E-state index in [1.807, 2.05) is 13.0 Å². The van der Waals surface area contributed by atoms with Crippen molar-refractivity contribution >= 4 is 16.1 Å². The normalized spacial score (nSPS) is 11.0. The Kier molecular flexibility index (Phi) is 7.69. The van der Waals surface area contributed by atoms with Crippen LogP contribution in [-0.2, 0) is 21.3 Å². The lowest BCUT2D eigenvalue weighted by atomic mass is 10.1. The van der Waals surface area contributed by atoms with Crippen LogP contribution >= 0.6 is 0 Å². The quantitative estimate of drug-likeness (QED) is 0.338. The molecule has 2 rings (SSSR count). The van der Waals surface area contributed by atoms with Crippen molar-refractivity contribution in [3.05, 3.63) is 48.0 Å². The second kappa shape index (κ2) is 9.98. The topological polar surface area (TPSA) is 88.1 Å². The molecule has 0 bridgehead atoms. The lowest BCUT2D eigenvalue weighted by Gasteiger charge is -2.15. The van der Waals surface area contributed by atoms with Crippen molar-refractivity contribution in [2.75, 3.05) is 19.5 Å². The van der Waals surface area contributed by atoms with Gasteiger partial charge < -0.3 is 18.4 Å². The van der Waals surface area contributed by atoms with Gasteiger partial charge in [0.15, 0.2) is 11.5 Å². The molecule has 0 saturated heterocycles. The fourth-order valence-corrected chi connectivity index (χ4v) is 2.82. The van der Waals surface area contributed by atoms with E-state index in [0.717, 1.165) is 11.8 Å². The number of benzene rings is 2. The summed E-state index contributed by atoms with van der Waals surface area (Å²) >= 11 is 0. The number of hydrogen-bond donors (Lipinski definition) is 0. The monoisotopic (exact) mass is 408 g/mol. The Morgan fingerprint density at radius 2 is 1.68 bits per heavy atom. The van der Waals surface area contributed by atoms with E-state index in [4.69, 9.17) is 18.4 Å². The van der Waals surface area contributed by atoms with E-state index in [0.29, 0.717) is 24.5 Å². The van der Waals surface area contributed by atoms with Crippen molar-refractivity contribution in [2.24, 2.45) is 0 Å². The van der Waals surface area contributed by atoms with Gasteiger partial charge in [0.2, 0.25) is 5.75 Å². The molecule has 152 valence electrons. The zero-order valence-corrected chi connectivity index (χ0v) is 17.0. The number of rotatable bonds is 10. The predicted octanol–water partition coefficient (Wildman–Crippen LogP) is 3.36. The van der Waals surface area contributed by atoms with Crippen LogP contribution in [0.15, 0.2) is 42.5 Å². The summed E-state index contributed by atoms with van der Waals surface area (Å²) in [6.07, 6.45) is 1.72. The number of para-hydroxylation sites is 1. The van der Waals surface area contributed by atoms with Crippen molar-refractivity contribution in [1.29, 1.82) is 0 Å². The molecule has 8 heteroatoms. The second-order valence-electron chi connectivity index (χ2n) is 5.88. The van der Waals surface area contributed by atoms with Crippen LogP contribution < -0.4 is 18.4 Å². The minimum Gasteiger partial charge on any atom is -0.490 e. The van der Waals surface area contributed by atoms with E-state index >= 15 is 0 Å². The summed E-state index contributed by atoms with van der Waals surface area (Å²) < 4.78 is 44.1. The van der Waals surface area contributed by atoms with Gasteiger partial charge in [0.1, 0.15) is 5.75 Å². The van der Waals surface area contributed by atoms with Gasteiger partial charge in [-0.15, -0.1) is 0 Å². The minimum atomic E-state index is -3.58. The van der Waals surface area contributed by atoms with E-state index in [1.54, 1.807) is 43.3 Å². The van der Waals surface area contributed by atoms with Crippen molar-refractivity contribution in [2.45, 2.75) is 26.7 Å². The van der Waals surface area contributed by atoms with E-state index < -0.39 is 10.1 Å². The molecule has 0 radical (unpaired) electrons. The summed E-state index contributed by atoms with van der Waals surface area (Å²) in [4.78, 5) is 11.7.